The molecule has 18 heavy (non-hydrogen) atoms. The first kappa shape index (κ1) is 13.9. The normalized spacial score (nSPS) is 16.6. The molecule has 0 aromatic carbocycles. The quantitative estimate of drug-likeness (QED) is 0.711. The van der Waals surface area contributed by atoms with E-state index in [4.69, 9.17) is 9.97 Å². The first-order valence-electron chi connectivity index (χ1n) is 6.68. The molecule has 0 spiro atoms. The molecule has 1 aliphatic heterocycles. The van der Waals surface area contributed by atoms with E-state index in [1.165, 1.54) is 22.7 Å². The molecule has 100 valence electrons. The van der Waals surface area contributed by atoms with Gasteiger partial charge in [-0.1, -0.05) is 41.5 Å². The smallest absolute Gasteiger partial charge is 0.134 e. The first-order chi connectivity index (χ1) is 8.19. The lowest BCUT2D eigenvalue weighted by molar-refractivity contribution is 0.504. The highest BCUT2D eigenvalue weighted by atomic mass is 32.2. The molecule has 1 aliphatic rings. The van der Waals surface area contributed by atoms with Crippen LogP contribution in [0.5, 0.6) is 0 Å². The van der Waals surface area contributed by atoms with Crippen molar-refractivity contribution in [2.75, 3.05) is 5.75 Å². The molecule has 1 aromatic rings. The molecule has 0 saturated heterocycles. The van der Waals surface area contributed by atoms with Gasteiger partial charge in [-0.2, -0.15) is 11.8 Å². The molecule has 0 bridgehead atoms. The topological polar surface area (TPSA) is 25.8 Å². The van der Waals surface area contributed by atoms with Crippen LogP contribution in [0.2, 0.25) is 0 Å². The number of hydrogen-bond acceptors (Lipinski definition) is 3. The third-order valence-electron chi connectivity index (χ3n) is 3.21. The molecule has 0 fully saturated rings. The van der Waals surface area contributed by atoms with Gasteiger partial charge in [-0.15, -0.1) is 0 Å². The van der Waals surface area contributed by atoms with E-state index in [1.54, 1.807) is 0 Å². The van der Waals surface area contributed by atoms with Crippen molar-refractivity contribution in [2.45, 2.75) is 64.5 Å². The summed E-state index contributed by atoms with van der Waals surface area (Å²) in [6.45, 7) is 13.3. The minimum atomic E-state index is 0.0249. The molecular weight excluding hydrogens is 240 g/mol. The summed E-state index contributed by atoms with van der Waals surface area (Å²) in [6.07, 6.45) is 1.12. The standard InChI is InChI=1S/C15H24N2S/c1-14(2,3)12-10-7-8-18-9-11(10)16-13(17-12)15(4,5)6/h7-9H2,1-6H3. The Labute approximate surface area is 115 Å². The summed E-state index contributed by atoms with van der Waals surface area (Å²) < 4.78 is 0. The average molecular weight is 264 g/mol. The summed E-state index contributed by atoms with van der Waals surface area (Å²) in [4.78, 5) is 9.73. The minimum Gasteiger partial charge on any atom is -0.237 e. The number of aromatic nitrogens is 2. The van der Waals surface area contributed by atoms with Crippen molar-refractivity contribution in [1.82, 2.24) is 9.97 Å². The Bertz CT molecular complexity index is 453. The van der Waals surface area contributed by atoms with Crippen LogP contribution in [-0.2, 0) is 23.0 Å². The van der Waals surface area contributed by atoms with Gasteiger partial charge in [0, 0.05) is 16.6 Å². The van der Waals surface area contributed by atoms with Crippen LogP contribution in [0.25, 0.3) is 0 Å². The van der Waals surface area contributed by atoms with E-state index in [0.717, 1.165) is 18.0 Å². The van der Waals surface area contributed by atoms with E-state index in [2.05, 4.69) is 41.5 Å². The van der Waals surface area contributed by atoms with Crippen molar-refractivity contribution in [3.05, 3.63) is 22.8 Å². The molecule has 0 N–H and O–H groups in total. The molecule has 0 unspecified atom stereocenters. The lowest BCUT2D eigenvalue weighted by atomic mass is 9.86. The van der Waals surface area contributed by atoms with Crippen LogP contribution in [0.3, 0.4) is 0 Å². The van der Waals surface area contributed by atoms with Gasteiger partial charge >= 0.3 is 0 Å². The van der Waals surface area contributed by atoms with Gasteiger partial charge < -0.3 is 0 Å². The monoisotopic (exact) mass is 264 g/mol. The molecule has 0 atom stereocenters. The maximum atomic E-state index is 4.91. The highest BCUT2D eigenvalue weighted by Gasteiger charge is 2.28. The van der Waals surface area contributed by atoms with Crippen molar-refractivity contribution in [3.8, 4) is 0 Å². The lowest BCUT2D eigenvalue weighted by Gasteiger charge is -2.29. The number of hydrogen-bond donors (Lipinski definition) is 0. The molecule has 2 nitrogen and oxygen atoms in total. The van der Waals surface area contributed by atoms with Crippen molar-refractivity contribution in [3.63, 3.8) is 0 Å². The van der Waals surface area contributed by atoms with Crippen LogP contribution < -0.4 is 0 Å². The molecule has 0 amide bonds. The average Bonchev–Trinajstić information content (AvgIpc) is 2.25. The Morgan fingerprint density at radius 3 is 2.17 bits per heavy atom. The highest BCUT2D eigenvalue weighted by Crippen LogP contribution is 2.33. The molecule has 3 heteroatoms. The number of thioether (sulfide) groups is 1. The van der Waals surface area contributed by atoms with Gasteiger partial charge in [-0.05, 0) is 17.7 Å². The second-order valence-electron chi connectivity index (χ2n) is 7.12. The summed E-state index contributed by atoms with van der Waals surface area (Å²) >= 11 is 1.99. The summed E-state index contributed by atoms with van der Waals surface area (Å²) in [7, 11) is 0. The van der Waals surface area contributed by atoms with Gasteiger partial charge in [0.2, 0.25) is 0 Å². The number of nitrogens with zero attached hydrogens (tertiary/aromatic N) is 2. The second kappa shape index (κ2) is 4.52. The summed E-state index contributed by atoms with van der Waals surface area (Å²) in [5.74, 6) is 3.24. The van der Waals surface area contributed by atoms with E-state index in [-0.39, 0.29) is 10.8 Å². The van der Waals surface area contributed by atoms with Crippen molar-refractivity contribution < 1.29 is 0 Å². The molecule has 0 saturated carbocycles. The van der Waals surface area contributed by atoms with Crippen LogP contribution in [0.1, 0.15) is 64.3 Å². The fourth-order valence-corrected chi connectivity index (χ4v) is 3.14. The lowest BCUT2D eigenvalue weighted by Crippen LogP contribution is -2.26. The molecule has 2 heterocycles. The molecule has 0 aliphatic carbocycles. The van der Waals surface area contributed by atoms with Crippen LogP contribution in [0.15, 0.2) is 0 Å². The zero-order chi connectivity index (χ0) is 13.6. The Morgan fingerprint density at radius 1 is 0.944 bits per heavy atom. The van der Waals surface area contributed by atoms with Gasteiger partial charge in [0.25, 0.3) is 0 Å². The van der Waals surface area contributed by atoms with Crippen molar-refractivity contribution in [1.29, 1.82) is 0 Å². The third kappa shape index (κ3) is 2.71. The van der Waals surface area contributed by atoms with Gasteiger partial charge in [0.15, 0.2) is 0 Å². The minimum absolute atomic E-state index is 0.0249. The number of rotatable bonds is 0. The third-order valence-corrected chi connectivity index (χ3v) is 4.18. The van der Waals surface area contributed by atoms with Crippen LogP contribution in [-0.4, -0.2) is 15.7 Å². The summed E-state index contributed by atoms with van der Waals surface area (Å²) in [5, 5.41) is 0. The zero-order valence-electron chi connectivity index (χ0n) is 12.4. The molecule has 0 radical (unpaired) electrons. The molecule has 1 aromatic heterocycles. The largest absolute Gasteiger partial charge is 0.237 e. The summed E-state index contributed by atoms with van der Waals surface area (Å²) in [6, 6.07) is 0. The SMILES string of the molecule is CC(C)(C)c1nc2c(c(C(C)(C)C)n1)CCSC2. The van der Waals surface area contributed by atoms with E-state index in [9.17, 15) is 0 Å². The Hall–Kier alpha value is -0.570. The van der Waals surface area contributed by atoms with E-state index >= 15 is 0 Å². The Morgan fingerprint density at radius 2 is 1.61 bits per heavy atom. The van der Waals surface area contributed by atoms with E-state index < -0.39 is 0 Å². The highest BCUT2D eigenvalue weighted by molar-refractivity contribution is 7.98. The van der Waals surface area contributed by atoms with Crippen LogP contribution in [0.4, 0.5) is 0 Å². The number of fused-ring (bicyclic) bond motifs is 1. The van der Waals surface area contributed by atoms with Gasteiger partial charge in [-0.3, -0.25) is 0 Å². The maximum Gasteiger partial charge on any atom is 0.134 e. The second-order valence-corrected chi connectivity index (χ2v) is 8.23. The predicted molar refractivity (Wildman–Crippen MR) is 79.3 cm³/mol. The van der Waals surface area contributed by atoms with E-state index in [0.29, 0.717) is 0 Å². The van der Waals surface area contributed by atoms with Gasteiger partial charge in [0.1, 0.15) is 5.82 Å². The summed E-state index contributed by atoms with van der Waals surface area (Å²) in [5.41, 5.74) is 4.08. The molecule has 2 rings (SSSR count). The fraction of sp³-hybridized carbons (Fsp3) is 0.733. The van der Waals surface area contributed by atoms with Crippen LogP contribution in [0, 0.1) is 0 Å². The predicted octanol–water partition coefficient (Wildman–Crippen LogP) is 3.86. The first-order valence-corrected chi connectivity index (χ1v) is 7.83. The fourth-order valence-electron chi connectivity index (χ4n) is 2.21. The van der Waals surface area contributed by atoms with Crippen molar-refractivity contribution in [2.24, 2.45) is 0 Å². The maximum absolute atomic E-state index is 4.91. The van der Waals surface area contributed by atoms with Gasteiger partial charge in [-0.25, -0.2) is 9.97 Å². The van der Waals surface area contributed by atoms with Crippen molar-refractivity contribution >= 4 is 11.8 Å². The van der Waals surface area contributed by atoms with Crippen LogP contribution >= 0.6 is 11.8 Å². The van der Waals surface area contributed by atoms with E-state index in [1.807, 2.05) is 11.8 Å². The van der Waals surface area contributed by atoms with Gasteiger partial charge in [0.05, 0.1) is 11.4 Å². The Kier molecular flexibility index (Phi) is 3.48. The Balaban J connectivity index is 2.63. The zero-order valence-corrected chi connectivity index (χ0v) is 13.2. The molecular formula is C15H24N2S.